The van der Waals surface area contributed by atoms with Crippen LogP contribution in [0.3, 0.4) is 0 Å². The normalized spacial score (nSPS) is 9.83. The van der Waals surface area contributed by atoms with Crippen molar-refractivity contribution >= 4 is 40.0 Å². The summed E-state index contributed by atoms with van der Waals surface area (Å²) in [7, 11) is 0. The smallest absolute Gasteiger partial charge is 0.145 e. The molecule has 0 radical (unpaired) electrons. The predicted octanol–water partition coefficient (Wildman–Crippen LogP) is 3.22. The van der Waals surface area contributed by atoms with Crippen LogP contribution in [-0.2, 0) is 6.54 Å². The molecule has 0 unspecified atom stereocenters. The maximum absolute atomic E-state index is 8.74. The number of nitrogens with zero attached hydrogens (tertiary/aromatic N) is 3. The van der Waals surface area contributed by atoms with Gasteiger partial charge in [-0.2, -0.15) is 5.26 Å². The largest absolute Gasteiger partial charge is 0.366 e. The summed E-state index contributed by atoms with van der Waals surface area (Å²) in [6.07, 6.45) is 1.37. The Morgan fingerprint density at radius 3 is 2.89 bits per heavy atom. The molecule has 0 amide bonds. The second kappa shape index (κ2) is 5.98. The van der Waals surface area contributed by atoms with E-state index in [9.17, 15) is 0 Å². The van der Waals surface area contributed by atoms with Gasteiger partial charge in [0, 0.05) is 21.2 Å². The molecule has 0 atom stereocenters. The molecule has 1 N–H and O–H groups in total. The molecule has 6 heteroatoms. The molecule has 1 aromatic heterocycles. The van der Waals surface area contributed by atoms with E-state index in [0.717, 1.165) is 14.2 Å². The number of rotatable bonds is 3. The molecule has 4 nitrogen and oxygen atoms in total. The Morgan fingerprint density at radius 1 is 1.33 bits per heavy atom. The highest BCUT2D eigenvalue weighted by atomic mass is 127. The Hall–Kier alpha value is -1.39. The van der Waals surface area contributed by atoms with Crippen molar-refractivity contribution < 1.29 is 0 Å². The van der Waals surface area contributed by atoms with Crippen molar-refractivity contribution in [1.29, 1.82) is 5.26 Å². The zero-order chi connectivity index (χ0) is 13.0. The highest BCUT2D eigenvalue weighted by Gasteiger charge is 2.02. The van der Waals surface area contributed by atoms with E-state index in [2.05, 4.69) is 37.9 Å². The van der Waals surface area contributed by atoms with Crippen LogP contribution in [0.4, 0.5) is 5.82 Å². The van der Waals surface area contributed by atoms with E-state index < -0.39 is 0 Å². The Labute approximate surface area is 123 Å². The third kappa shape index (κ3) is 3.31. The van der Waals surface area contributed by atoms with E-state index >= 15 is 0 Å². The maximum atomic E-state index is 8.74. The third-order valence-corrected chi connectivity index (χ3v) is 3.50. The minimum atomic E-state index is 0.346. The van der Waals surface area contributed by atoms with Gasteiger partial charge in [0.1, 0.15) is 23.9 Å². The first-order chi connectivity index (χ1) is 8.69. The van der Waals surface area contributed by atoms with Crippen LogP contribution in [0.2, 0.25) is 5.02 Å². The fourth-order valence-corrected chi connectivity index (χ4v) is 2.43. The topological polar surface area (TPSA) is 61.6 Å². The summed E-state index contributed by atoms with van der Waals surface area (Å²) >= 11 is 8.13. The first-order valence-electron chi connectivity index (χ1n) is 5.09. The molecule has 0 saturated carbocycles. The predicted molar refractivity (Wildman–Crippen MR) is 78.2 cm³/mol. The molecular formula is C12H8ClIN4. The van der Waals surface area contributed by atoms with Gasteiger partial charge in [0.15, 0.2) is 0 Å². The minimum Gasteiger partial charge on any atom is -0.366 e. The van der Waals surface area contributed by atoms with Crippen molar-refractivity contribution in [1.82, 2.24) is 9.97 Å². The van der Waals surface area contributed by atoms with Gasteiger partial charge in [0.05, 0.1) is 0 Å². The van der Waals surface area contributed by atoms with Crippen molar-refractivity contribution in [3.8, 4) is 6.07 Å². The van der Waals surface area contributed by atoms with Crippen molar-refractivity contribution in [2.24, 2.45) is 0 Å². The van der Waals surface area contributed by atoms with Gasteiger partial charge in [-0.05, 0) is 40.3 Å². The van der Waals surface area contributed by atoms with E-state index in [1.54, 1.807) is 6.07 Å². The van der Waals surface area contributed by atoms with E-state index in [1.807, 2.05) is 24.3 Å². The summed E-state index contributed by atoms with van der Waals surface area (Å²) < 4.78 is 1.09. The standard InChI is InChI=1S/C12H8ClIN4/c13-9-2-1-8(11(14)3-9)6-16-12-4-10(5-15)17-7-18-12/h1-4,7H,6H2,(H,16,17,18). The van der Waals surface area contributed by atoms with E-state index in [4.69, 9.17) is 16.9 Å². The lowest BCUT2D eigenvalue weighted by atomic mass is 10.2. The van der Waals surface area contributed by atoms with Gasteiger partial charge < -0.3 is 5.32 Å². The third-order valence-electron chi connectivity index (χ3n) is 2.26. The molecule has 0 aliphatic rings. The van der Waals surface area contributed by atoms with E-state index in [1.165, 1.54) is 6.33 Å². The van der Waals surface area contributed by atoms with E-state index in [-0.39, 0.29) is 0 Å². The highest BCUT2D eigenvalue weighted by molar-refractivity contribution is 14.1. The number of hydrogen-bond acceptors (Lipinski definition) is 4. The molecule has 0 aliphatic carbocycles. The van der Waals surface area contributed by atoms with Crippen LogP contribution < -0.4 is 5.32 Å². The lowest BCUT2D eigenvalue weighted by Gasteiger charge is -2.07. The fourth-order valence-electron chi connectivity index (χ4n) is 1.37. The van der Waals surface area contributed by atoms with Crippen molar-refractivity contribution in [3.05, 3.63) is 50.4 Å². The summed E-state index contributed by atoms with van der Waals surface area (Å²) in [6.45, 7) is 0.622. The summed E-state index contributed by atoms with van der Waals surface area (Å²) in [6, 6.07) is 9.30. The first kappa shape index (κ1) is 13.1. The van der Waals surface area contributed by atoms with Crippen LogP contribution in [-0.4, -0.2) is 9.97 Å². The van der Waals surface area contributed by atoms with E-state index in [0.29, 0.717) is 18.1 Å². The number of nitriles is 1. The van der Waals surface area contributed by atoms with Gasteiger partial charge in [-0.1, -0.05) is 17.7 Å². The molecule has 0 bridgehead atoms. The van der Waals surface area contributed by atoms with Gasteiger partial charge in [0.2, 0.25) is 0 Å². The van der Waals surface area contributed by atoms with Gasteiger partial charge in [-0.25, -0.2) is 9.97 Å². The van der Waals surface area contributed by atoms with Crippen LogP contribution in [0.1, 0.15) is 11.3 Å². The second-order valence-electron chi connectivity index (χ2n) is 3.49. The SMILES string of the molecule is N#Cc1cc(NCc2ccc(Cl)cc2I)ncn1. The van der Waals surface area contributed by atoms with Crippen LogP contribution in [0.5, 0.6) is 0 Å². The Balaban J connectivity index is 2.09. The molecule has 2 rings (SSSR count). The second-order valence-corrected chi connectivity index (χ2v) is 5.09. The molecule has 0 fully saturated rings. The highest BCUT2D eigenvalue weighted by Crippen LogP contribution is 2.18. The minimum absolute atomic E-state index is 0.346. The summed E-state index contributed by atoms with van der Waals surface area (Å²) in [4.78, 5) is 7.86. The molecule has 0 aliphatic heterocycles. The van der Waals surface area contributed by atoms with Gasteiger partial charge in [-0.3, -0.25) is 0 Å². The molecular weight excluding hydrogens is 363 g/mol. The zero-order valence-corrected chi connectivity index (χ0v) is 12.1. The maximum Gasteiger partial charge on any atom is 0.145 e. The van der Waals surface area contributed by atoms with Gasteiger partial charge in [-0.15, -0.1) is 0 Å². The Morgan fingerprint density at radius 2 is 2.17 bits per heavy atom. The molecule has 18 heavy (non-hydrogen) atoms. The first-order valence-corrected chi connectivity index (χ1v) is 6.54. The molecule has 2 aromatic rings. The number of hydrogen-bond donors (Lipinski definition) is 1. The number of nitrogens with one attached hydrogen (secondary N) is 1. The van der Waals surface area contributed by atoms with Crippen molar-refractivity contribution in [2.45, 2.75) is 6.54 Å². The van der Waals surface area contributed by atoms with Gasteiger partial charge in [0.25, 0.3) is 0 Å². The van der Waals surface area contributed by atoms with Crippen molar-refractivity contribution in [2.75, 3.05) is 5.32 Å². The van der Waals surface area contributed by atoms with Crippen LogP contribution in [0.25, 0.3) is 0 Å². The average Bonchev–Trinajstić information content (AvgIpc) is 2.38. The molecule has 1 heterocycles. The van der Waals surface area contributed by atoms with Crippen LogP contribution in [0, 0.1) is 14.9 Å². The molecule has 0 spiro atoms. The summed E-state index contributed by atoms with van der Waals surface area (Å²) in [5.74, 6) is 0.632. The van der Waals surface area contributed by atoms with Crippen LogP contribution in [0.15, 0.2) is 30.6 Å². The number of halogens is 2. The number of anilines is 1. The lowest BCUT2D eigenvalue weighted by Crippen LogP contribution is -2.03. The number of aromatic nitrogens is 2. The van der Waals surface area contributed by atoms with Crippen LogP contribution >= 0.6 is 34.2 Å². The summed E-state index contributed by atoms with van der Waals surface area (Å²) in [5.41, 5.74) is 1.47. The average molecular weight is 371 g/mol. The zero-order valence-electron chi connectivity index (χ0n) is 9.19. The van der Waals surface area contributed by atoms with Gasteiger partial charge >= 0.3 is 0 Å². The number of benzene rings is 1. The molecule has 0 saturated heterocycles. The Bertz CT molecular complexity index is 609. The monoisotopic (exact) mass is 370 g/mol. The fraction of sp³-hybridized carbons (Fsp3) is 0.0833. The molecule has 1 aromatic carbocycles. The Kier molecular flexibility index (Phi) is 4.33. The lowest BCUT2D eigenvalue weighted by molar-refractivity contribution is 1.07. The summed E-state index contributed by atoms with van der Waals surface area (Å²) in [5, 5.41) is 12.6. The van der Waals surface area contributed by atoms with Crippen molar-refractivity contribution in [3.63, 3.8) is 0 Å². The quantitative estimate of drug-likeness (QED) is 0.843. The molecule has 90 valence electrons.